The van der Waals surface area contributed by atoms with Gasteiger partial charge in [-0.15, -0.1) is 4.91 Å². The number of carbonyl (C=O) groups is 1. The first-order chi connectivity index (χ1) is 18.4. The van der Waals surface area contributed by atoms with E-state index in [1.807, 2.05) is 0 Å². The molecule has 0 aliphatic rings. The van der Waals surface area contributed by atoms with Gasteiger partial charge in [0.05, 0.1) is 30.0 Å². The standard InChI is InChI=1S/C25H23BrF4N4O5/c1-15-22(26)23(37)33(24(38)32(15)13-17-18(25(28,29)30)9-5-10-19(17)27)14-20(16-7-3-2-4-8-16)34(31-39)12-6-11-21(35)36/h2-5,7-10,20H,6,11-14H2,1H3,(H,35,36)/t20-/m0/s1. The van der Waals surface area contributed by atoms with E-state index in [1.54, 1.807) is 30.3 Å². The maximum Gasteiger partial charge on any atom is 0.416 e. The van der Waals surface area contributed by atoms with Crippen molar-refractivity contribution in [1.29, 1.82) is 0 Å². The molecular weight excluding hydrogens is 592 g/mol. The van der Waals surface area contributed by atoms with Crippen molar-refractivity contribution in [3.05, 3.63) is 107 Å². The van der Waals surface area contributed by atoms with Crippen molar-refractivity contribution in [2.45, 2.75) is 45.1 Å². The lowest BCUT2D eigenvalue weighted by Crippen LogP contribution is -2.44. The molecule has 0 aliphatic heterocycles. The van der Waals surface area contributed by atoms with Crippen LogP contribution in [0.5, 0.6) is 0 Å². The number of hydrogen-bond acceptors (Lipinski definition) is 5. The van der Waals surface area contributed by atoms with Crippen molar-refractivity contribution in [1.82, 2.24) is 14.1 Å². The van der Waals surface area contributed by atoms with E-state index in [9.17, 15) is 36.9 Å². The second-order valence-electron chi connectivity index (χ2n) is 8.62. The predicted molar refractivity (Wildman–Crippen MR) is 136 cm³/mol. The molecule has 1 aromatic heterocycles. The highest BCUT2D eigenvalue weighted by molar-refractivity contribution is 9.10. The summed E-state index contributed by atoms with van der Waals surface area (Å²) in [4.78, 5) is 49.3. The van der Waals surface area contributed by atoms with Gasteiger partial charge < -0.3 is 5.11 Å². The van der Waals surface area contributed by atoms with Crippen molar-refractivity contribution in [3.63, 3.8) is 0 Å². The van der Waals surface area contributed by atoms with Crippen LogP contribution in [0.1, 0.15) is 41.3 Å². The normalized spacial score (nSPS) is 12.3. The van der Waals surface area contributed by atoms with Crippen LogP contribution in [0.15, 0.2) is 67.9 Å². The molecule has 39 heavy (non-hydrogen) atoms. The Morgan fingerprint density at radius 2 is 1.77 bits per heavy atom. The fraction of sp³-hybridized carbons (Fsp3) is 0.320. The lowest BCUT2D eigenvalue weighted by Gasteiger charge is -2.28. The van der Waals surface area contributed by atoms with Gasteiger partial charge >= 0.3 is 17.8 Å². The van der Waals surface area contributed by atoms with Crippen molar-refractivity contribution < 1.29 is 27.5 Å². The first-order valence-electron chi connectivity index (χ1n) is 11.6. The Morgan fingerprint density at radius 1 is 1.10 bits per heavy atom. The minimum atomic E-state index is -4.90. The second kappa shape index (κ2) is 12.4. The van der Waals surface area contributed by atoms with Crippen LogP contribution < -0.4 is 11.2 Å². The van der Waals surface area contributed by atoms with Gasteiger partial charge in [0.15, 0.2) is 0 Å². The summed E-state index contributed by atoms with van der Waals surface area (Å²) in [5.74, 6) is -2.27. The van der Waals surface area contributed by atoms with Gasteiger partial charge in [0.25, 0.3) is 5.56 Å². The van der Waals surface area contributed by atoms with Crippen molar-refractivity contribution >= 4 is 21.9 Å². The third-order valence-electron chi connectivity index (χ3n) is 6.14. The van der Waals surface area contributed by atoms with E-state index in [0.717, 1.165) is 26.3 Å². The summed E-state index contributed by atoms with van der Waals surface area (Å²) in [5, 5.41) is 12.9. The van der Waals surface area contributed by atoms with E-state index in [2.05, 4.69) is 21.2 Å². The molecule has 0 unspecified atom stereocenters. The van der Waals surface area contributed by atoms with Crippen LogP contribution in [0.4, 0.5) is 17.6 Å². The monoisotopic (exact) mass is 614 g/mol. The van der Waals surface area contributed by atoms with Gasteiger partial charge in [-0.1, -0.05) is 36.4 Å². The predicted octanol–water partition coefficient (Wildman–Crippen LogP) is 4.88. The van der Waals surface area contributed by atoms with E-state index in [0.29, 0.717) is 11.6 Å². The van der Waals surface area contributed by atoms with E-state index < -0.39 is 59.5 Å². The molecule has 1 atom stereocenters. The summed E-state index contributed by atoms with van der Waals surface area (Å²) in [7, 11) is 0. The number of benzene rings is 2. The number of aliphatic carboxylic acids is 1. The van der Waals surface area contributed by atoms with Gasteiger partial charge in [0.2, 0.25) is 0 Å². The van der Waals surface area contributed by atoms with Crippen LogP contribution in [-0.4, -0.2) is 31.8 Å². The number of alkyl halides is 3. The number of halogens is 5. The molecule has 3 rings (SSSR count). The fourth-order valence-corrected chi connectivity index (χ4v) is 4.55. The maximum absolute atomic E-state index is 14.6. The van der Waals surface area contributed by atoms with Crippen LogP contribution in [0.2, 0.25) is 0 Å². The molecule has 1 N–H and O–H groups in total. The molecule has 0 amide bonds. The van der Waals surface area contributed by atoms with Crippen LogP contribution in [0, 0.1) is 17.6 Å². The summed E-state index contributed by atoms with van der Waals surface area (Å²) >= 11 is 3.09. The Morgan fingerprint density at radius 3 is 2.36 bits per heavy atom. The van der Waals surface area contributed by atoms with Gasteiger partial charge in [-0.3, -0.25) is 23.7 Å². The van der Waals surface area contributed by atoms with Crippen LogP contribution in [0.3, 0.4) is 0 Å². The smallest absolute Gasteiger partial charge is 0.416 e. The van der Waals surface area contributed by atoms with Gasteiger partial charge in [-0.05, 0) is 47.0 Å². The highest BCUT2D eigenvalue weighted by Crippen LogP contribution is 2.33. The summed E-state index contributed by atoms with van der Waals surface area (Å²) in [6.45, 7) is -0.0706. The zero-order valence-electron chi connectivity index (χ0n) is 20.5. The summed E-state index contributed by atoms with van der Waals surface area (Å²) in [6, 6.07) is 9.64. The number of nitrogens with zero attached hydrogens (tertiary/aromatic N) is 4. The first-order valence-corrected chi connectivity index (χ1v) is 12.4. The van der Waals surface area contributed by atoms with Gasteiger partial charge in [0, 0.05) is 24.2 Å². The SMILES string of the molecule is Cc1c(Br)c(=O)n(C[C@@H](c2ccccc2)N(CCCC(=O)O)N=O)c(=O)n1Cc1c(F)cccc1C(F)(F)F. The molecular formula is C25H23BrF4N4O5. The minimum Gasteiger partial charge on any atom is -0.481 e. The highest BCUT2D eigenvalue weighted by atomic mass is 79.9. The molecule has 0 fully saturated rings. The molecule has 208 valence electrons. The molecule has 0 aliphatic carbocycles. The summed E-state index contributed by atoms with van der Waals surface area (Å²) in [6.07, 6.45) is -5.12. The largest absolute Gasteiger partial charge is 0.481 e. The fourth-order valence-electron chi connectivity index (χ4n) is 4.12. The van der Waals surface area contributed by atoms with E-state index >= 15 is 0 Å². The molecule has 3 aromatic rings. The Bertz CT molecular complexity index is 1470. The lowest BCUT2D eigenvalue weighted by molar-refractivity contribution is -0.139. The summed E-state index contributed by atoms with van der Waals surface area (Å²) in [5.41, 5.74) is -3.46. The zero-order valence-corrected chi connectivity index (χ0v) is 22.1. The van der Waals surface area contributed by atoms with Crippen molar-refractivity contribution in [2.24, 2.45) is 5.29 Å². The molecule has 0 saturated heterocycles. The topological polar surface area (TPSA) is 114 Å². The number of nitroso groups, excluding NO2 is 1. The van der Waals surface area contributed by atoms with E-state index in [4.69, 9.17) is 5.11 Å². The molecule has 2 aromatic carbocycles. The second-order valence-corrected chi connectivity index (χ2v) is 9.41. The summed E-state index contributed by atoms with van der Waals surface area (Å²) < 4.78 is 56.8. The van der Waals surface area contributed by atoms with Crippen molar-refractivity contribution in [3.8, 4) is 0 Å². The van der Waals surface area contributed by atoms with Crippen molar-refractivity contribution in [2.75, 3.05) is 6.54 Å². The van der Waals surface area contributed by atoms with E-state index in [-0.39, 0.29) is 29.6 Å². The number of carboxylic acids is 1. The van der Waals surface area contributed by atoms with Gasteiger partial charge in [-0.25, -0.2) is 9.18 Å². The maximum atomic E-state index is 14.6. The number of aromatic nitrogens is 2. The Labute approximate surface area is 227 Å². The molecule has 0 spiro atoms. The average Bonchev–Trinajstić information content (AvgIpc) is 2.89. The van der Waals surface area contributed by atoms with Gasteiger partial charge in [-0.2, -0.15) is 13.2 Å². The Kier molecular flexibility index (Phi) is 9.43. The minimum absolute atomic E-state index is 0.0271. The zero-order chi connectivity index (χ0) is 28.9. The molecule has 1 heterocycles. The van der Waals surface area contributed by atoms with E-state index in [1.165, 1.54) is 6.92 Å². The van der Waals surface area contributed by atoms with Crippen LogP contribution in [0.25, 0.3) is 0 Å². The first kappa shape index (κ1) is 29.7. The Balaban J connectivity index is 2.13. The molecule has 0 bridgehead atoms. The molecule has 0 radical (unpaired) electrons. The van der Waals surface area contributed by atoms with Gasteiger partial charge in [0.1, 0.15) is 10.3 Å². The molecule has 0 saturated carbocycles. The number of rotatable bonds is 11. The highest BCUT2D eigenvalue weighted by Gasteiger charge is 2.35. The number of hydrogen-bond donors (Lipinski definition) is 1. The molecule has 14 heteroatoms. The quantitative estimate of drug-likeness (QED) is 0.187. The average molecular weight is 615 g/mol. The Hall–Kier alpha value is -3.81. The third kappa shape index (κ3) is 6.80. The molecule has 9 nitrogen and oxygen atoms in total. The van der Waals surface area contributed by atoms with Crippen LogP contribution in [-0.2, 0) is 24.1 Å². The lowest BCUT2D eigenvalue weighted by atomic mass is 10.1. The van der Waals surface area contributed by atoms with Crippen LogP contribution >= 0.6 is 15.9 Å². The third-order valence-corrected chi connectivity index (χ3v) is 7.05. The number of carboxylic acid groups (broad SMARTS) is 1.